The van der Waals surface area contributed by atoms with Crippen LogP contribution in [0.1, 0.15) is 259 Å². The molecule has 0 spiro atoms. The molecule has 7 nitrogen and oxygen atoms in total. The molecule has 5 aromatic rings. The van der Waals surface area contributed by atoms with Gasteiger partial charge in [0.15, 0.2) is 1.41 Å². The number of benzene rings is 2. The van der Waals surface area contributed by atoms with Crippen LogP contribution < -0.4 is 5.31 Å². The van der Waals surface area contributed by atoms with Crippen LogP contribution in [0.4, 0.5) is 0 Å². The number of para-hydroxylation sites is 1. The summed E-state index contributed by atoms with van der Waals surface area (Å²) in [5, 5.41) is 2.41. The van der Waals surface area contributed by atoms with Gasteiger partial charge in [0.2, 0.25) is 0 Å². The topological polar surface area (TPSA) is 72.2 Å². The van der Waals surface area contributed by atoms with E-state index in [2.05, 4.69) is 106 Å². The highest BCUT2D eigenvalue weighted by atomic mass is 16.2. The lowest BCUT2D eigenvalue weighted by Crippen LogP contribution is -2.55. The van der Waals surface area contributed by atoms with Gasteiger partial charge in [-0.1, -0.05) is 31.2 Å². The number of nitrogens with one attached hydrogen (secondary N) is 1. The summed E-state index contributed by atoms with van der Waals surface area (Å²) >= 11 is 0. The zero-order valence-electron chi connectivity index (χ0n) is 30.7. The minimum absolute atomic E-state index is 0. The third-order valence-corrected chi connectivity index (χ3v) is 11.7. The Balaban J connectivity index is -0.00000000218. The van der Waals surface area contributed by atoms with Crippen LogP contribution in [0.25, 0.3) is 33.0 Å². The Hall–Kier alpha value is -4.49. The van der Waals surface area contributed by atoms with Gasteiger partial charge in [-0.3, -0.25) is 24.8 Å². The maximum absolute atomic E-state index is 14.1. The van der Waals surface area contributed by atoms with Gasteiger partial charge in [0.1, 0.15) is 0 Å². The first-order valence-corrected chi connectivity index (χ1v) is 17.3. The maximum atomic E-state index is 14.1. The Labute approximate surface area is 466 Å². The molecule has 7 heteroatoms. The van der Waals surface area contributed by atoms with Crippen molar-refractivity contribution in [3.63, 3.8) is 0 Å². The lowest BCUT2D eigenvalue weighted by Gasteiger charge is -2.51. The fourth-order valence-corrected chi connectivity index (χ4v) is 8.25. The number of piperidine rings is 1. The van der Waals surface area contributed by atoms with Crippen LogP contribution in [0.3, 0.4) is 0 Å². The van der Waals surface area contributed by atoms with Crippen LogP contribution in [0, 0.1) is 40.5 Å². The van der Waals surface area contributed by atoms with Crippen molar-refractivity contribution < 1.29 is 185 Å². The number of fused-ring (bicyclic) bond motifs is 2. The van der Waals surface area contributed by atoms with E-state index in [0.29, 0.717) is 16.5 Å². The van der Waals surface area contributed by atoms with E-state index in [4.69, 9.17) is 6.40 Å². The number of hydrogen-bond donors (Lipinski definition) is 1. The summed E-state index contributed by atoms with van der Waals surface area (Å²) in [7, 11) is 0. The molecule has 492 valence electrons. The van der Waals surface area contributed by atoms with E-state index in [0.717, 1.165) is 81.6 Å². The minimum Gasteiger partial charge on any atom is -0.345 e. The number of carbonyl (C=O) groups excluding carboxylic acids is 2. The van der Waals surface area contributed by atoms with Gasteiger partial charge in [-0.25, -0.2) is 0 Å². The van der Waals surface area contributed by atoms with Gasteiger partial charge in [0, 0.05) is 256 Å². The van der Waals surface area contributed by atoms with Gasteiger partial charge in [0.25, 0.3) is 11.8 Å². The zero-order chi connectivity index (χ0) is 35.1. The number of aryl methyl sites for hydroxylation is 5. The molecule has 1 fully saturated rings. The number of nitrogens with zero attached hydrogens (tertiary/aromatic N) is 4. The number of amides is 2. The average molecular weight is 889 g/mol. The van der Waals surface area contributed by atoms with Crippen molar-refractivity contribution in [1.82, 2.24) is 24.3 Å². The molecule has 0 bridgehead atoms. The van der Waals surface area contributed by atoms with Crippen molar-refractivity contribution >= 4 is 44.8 Å². The van der Waals surface area contributed by atoms with E-state index >= 15 is 0 Å². The molecule has 0 radical (unpaired) electrons. The van der Waals surface area contributed by atoms with Crippen LogP contribution in [-0.2, 0) is 22.7 Å². The van der Waals surface area contributed by atoms with Gasteiger partial charge in [0.05, 0.1) is 16.8 Å². The fraction of sp³-hybridized carbons (Fsp3) is 0.390. The molecule has 0 aliphatic carbocycles. The average Bonchev–Trinajstić information content (AvgIpc) is 3.63. The molecule has 1 saturated heterocycles. The molecule has 3 aromatic heterocycles. The highest BCUT2D eigenvalue weighted by Gasteiger charge is 2.43. The van der Waals surface area contributed by atoms with Crippen LogP contribution >= 0.6 is 0 Å². The van der Waals surface area contributed by atoms with Crippen LogP contribution in [0.5, 0.6) is 0 Å². The molecule has 2 amide bonds. The number of pyridine rings is 1. The van der Waals surface area contributed by atoms with Crippen molar-refractivity contribution in [1.29, 1.82) is 0 Å². The quantitative estimate of drug-likeness (QED) is 0.172. The Bertz CT molecular complexity index is 2360. The van der Waals surface area contributed by atoms with E-state index in [-0.39, 0.29) is 192 Å². The van der Waals surface area contributed by atoms with E-state index in [1.165, 1.54) is 11.1 Å². The third kappa shape index (κ3) is 4.85. The summed E-state index contributed by atoms with van der Waals surface area (Å²) in [5.41, 5.74) is 10.6. The number of rotatable bonds is 6. The number of hydrogen-bond acceptors (Lipinski definition) is 4. The molecule has 0 saturated carbocycles. The van der Waals surface area contributed by atoms with Gasteiger partial charge in [-0.15, -0.1) is 0 Å². The maximum Gasteiger partial charge on any atom is 0.259 e. The lowest BCUT2D eigenvalue weighted by atomic mass is 9.76. The molecule has 2 atom stereocenters. The molecule has 48 heavy (non-hydrogen) atoms. The molecule has 7 rings (SSSR count). The lowest BCUT2D eigenvalue weighted by molar-refractivity contribution is -0.122. The number of likely N-dealkylation sites (tertiary alicyclic amines) is 1. The summed E-state index contributed by atoms with van der Waals surface area (Å²) < 4.78 is 13.2. The van der Waals surface area contributed by atoms with Gasteiger partial charge >= 0.3 is 0 Å². The Morgan fingerprint density at radius 3 is 2.38 bits per heavy atom. The molecule has 2 aliphatic heterocycles. The van der Waals surface area contributed by atoms with E-state index in [1.54, 1.807) is 0 Å². The first-order valence-electron chi connectivity index (χ1n) is 17.7. The fourth-order valence-electron chi connectivity index (χ4n) is 8.25. The summed E-state index contributed by atoms with van der Waals surface area (Å²) in [4.78, 5) is 35.5. The second kappa shape index (κ2) is 11.6. The Morgan fingerprint density at radius 1 is 0.938 bits per heavy atom. The summed E-state index contributed by atoms with van der Waals surface area (Å²) in [6.07, 6.45) is 3.04. The standard InChI is InChI=1S/C41H47N5O2.122H2/c1-10-45-28(7)36(30-13-11-12-14-34(30)45)38-37(39(47)43-40(38)48)32-22-46(35-20-25(4)24(3)19-31(32)35)33-17-18-44(41(8,9)26(33)5)21-29-16-15-23(2)27(6)42-29;;;;;;;;;;;;;;;;;;;;;;;;;;;;;;;;;;;;;;;;;;;;;;;;;;;;;;;;;;;;;;;;;;;;;;;;;;;;;;;;;;;;;;;;;;;;;;;;;;;;;;;;;;;;;;;;;;;;;;;;;;/h11-16,19-20,22,26,33H,10,17-18,21H2,1-9H3,(H,43,47,48);122*1H/i/hD. The molecular weight excluding hydrogens is 594 g/mol. The smallest absolute Gasteiger partial charge is 0.259 e. The normalized spacial score (nSPS) is 20.5. The summed E-state index contributed by atoms with van der Waals surface area (Å²) in [6, 6.07) is 16.9. The van der Waals surface area contributed by atoms with Crippen molar-refractivity contribution in [2.24, 2.45) is 5.92 Å². The second-order valence-corrected chi connectivity index (χ2v) is 14.5. The van der Waals surface area contributed by atoms with Crippen LogP contribution in [-0.4, -0.2) is 42.9 Å². The van der Waals surface area contributed by atoms with E-state index in [1.807, 2.05) is 25.1 Å². The largest absolute Gasteiger partial charge is 0.345 e. The number of carbonyl (C=O) groups is 2. The van der Waals surface area contributed by atoms with Crippen LogP contribution in [0.15, 0.2) is 54.7 Å². The highest BCUT2D eigenvalue weighted by molar-refractivity contribution is 6.51. The van der Waals surface area contributed by atoms with Gasteiger partial charge < -0.3 is 9.13 Å². The van der Waals surface area contributed by atoms with Gasteiger partial charge in [-0.2, -0.15) is 0 Å². The van der Waals surface area contributed by atoms with Crippen molar-refractivity contribution in [2.45, 2.75) is 93.4 Å². The molecule has 1 N–H and O–H groups in total. The van der Waals surface area contributed by atoms with E-state index in [9.17, 15) is 9.59 Å². The van der Waals surface area contributed by atoms with Crippen LogP contribution in [0.2, 0.25) is 1.41 Å². The second-order valence-electron chi connectivity index (χ2n) is 14.5. The summed E-state index contributed by atoms with van der Waals surface area (Å²) in [6.45, 7) is 21.9. The number of imide groups is 1. The van der Waals surface area contributed by atoms with Crippen molar-refractivity contribution in [3.05, 3.63) is 99.6 Å². The number of aromatic nitrogens is 3. The van der Waals surface area contributed by atoms with Gasteiger partial charge in [-0.05, 0) is 109 Å². The Kier molecular flexibility index (Phi) is 7.44. The predicted octanol–water partition coefficient (Wildman–Crippen LogP) is 38.0. The third-order valence-electron chi connectivity index (χ3n) is 11.7. The molecule has 5 heterocycles. The molecular formula is C41H291N5O2. The van der Waals surface area contributed by atoms with Crippen molar-refractivity contribution in [3.8, 4) is 0 Å². The predicted molar refractivity (Wildman–Crippen MR) is 453 cm³/mol. The first-order chi connectivity index (χ1) is 23.3. The summed E-state index contributed by atoms with van der Waals surface area (Å²) in [5.74, 6) is -0.895. The van der Waals surface area contributed by atoms with Crippen molar-refractivity contribution in [2.75, 3.05) is 6.54 Å². The molecule has 2 aromatic carbocycles. The highest BCUT2D eigenvalue weighted by Crippen LogP contribution is 2.46. The zero-order valence-corrected chi connectivity index (χ0v) is 29.7. The first kappa shape index (κ1) is 30.8. The van der Waals surface area contributed by atoms with E-state index < -0.39 is 11.8 Å². The Morgan fingerprint density at radius 2 is 1.65 bits per heavy atom. The molecule has 2 aliphatic rings. The monoisotopic (exact) mass is 888 g/mol. The minimum atomic E-state index is -0.575. The molecule has 2 unspecified atom stereocenters. The SMILES string of the molecule is [2H]N1C(=O)C(c2cn(C3CCN(Cc4ccc(C)c(C)n4)C(C)(C)C3C)c3cc(C)c(C)cc23)=C(c2c(C)n(CC)c3ccccc23)C1=O.[HH].[HH].[HH].[HH].[HH].[HH].[HH].[HH].[HH].[HH].[HH].[HH].[HH].[HH].[HH].[HH].[HH].[HH].[HH].[HH].[HH].[HH].[HH].[HH].[HH].[HH].[HH].[HH].[HH].[HH].[HH].[HH].[HH].[HH].[HH].[HH].[HH].[HH].[HH].[HH].[HH].[HH].[HH].[HH].[HH].[HH].[HH].[HH].[HH].[HH].[HH].[HH].[HH].[HH].[HH].[HH].[HH].[HH].[HH].[HH].[HH].[HH].[HH].[HH].[HH].[HH].[HH].[HH].[HH].[HH].[HH].[HH].[HH].[HH].[HH].[HH].[HH].[HH].[HH].[HH].[HH].[HH].[HH].[HH].[HH].[HH].[HH].[HH].[HH].[HH].[HH].[HH].[HH].[HH].[HH].[HH].[HH].[HH].[HH].[HH].[HH].[HH].[HH].[HH].[HH].[HH].[HH].[HH].[HH].[HH].[HH].[HH].[HH].[HH].[HH].[HH].[HH].[HH].[HH].[HH].[HH].[HH].